The maximum Gasteiger partial charge on any atom is 0.348 e. The molecule has 0 spiro atoms. The lowest BCUT2D eigenvalue weighted by Gasteiger charge is -2.34. The van der Waals surface area contributed by atoms with Gasteiger partial charge in [-0.3, -0.25) is 9.69 Å². The summed E-state index contributed by atoms with van der Waals surface area (Å²) in [5, 5.41) is 0. The lowest BCUT2D eigenvalue weighted by Crippen LogP contribution is -2.48. The van der Waals surface area contributed by atoms with Gasteiger partial charge in [0.05, 0.1) is 12.0 Å². The van der Waals surface area contributed by atoms with Gasteiger partial charge >= 0.3 is 5.97 Å². The highest BCUT2D eigenvalue weighted by Gasteiger charge is 2.24. The Kier molecular flexibility index (Phi) is 5.50. The maximum atomic E-state index is 12.6. The number of piperazine rings is 1. The molecule has 0 atom stereocenters. The van der Waals surface area contributed by atoms with Crippen molar-refractivity contribution in [3.8, 4) is 0 Å². The highest BCUT2D eigenvalue weighted by molar-refractivity contribution is 7.15. The summed E-state index contributed by atoms with van der Waals surface area (Å²) in [4.78, 5) is 29.4. The number of nitrogens with zero attached hydrogens (tertiary/aromatic N) is 2. The fourth-order valence-corrected chi connectivity index (χ4v) is 3.89. The number of ether oxygens (including phenoxy) is 1. The van der Waals surface area contributed by atoms with Crippen LogP contribution in [0.1, 0.15) is 30.5 Å². The Morgan fingerprint density at radius 1 is 1.08 bits per heavy atom. The Hall–Kier alpha value is -2.18. The Labute approximate surface area is 151 Å². The molecular formula is C19H22N2O3S. The first-order valence-corrected chi connectivity index (χ1v) is 9.14. The van der Waals surface area contributed by atoms with Gasteiger partial charge in [0.1, 0.15) is 4.88 Å². The van der Waals surface area contributed by atoms with Crippen LogP contribution >= 0.6 is 11.3 Å². The van der Waals surface area contributed by atoms with Gasteiger partial charge in [-0.1, -0.05) is 29.8 Å². The highest BCUT2D eigenvalue weighted by atomic mass is 32.1. The van der Waals surface area contributed by atoms with E-state index >= 15 is 0 Å². The Bertz CT molecular complexity index is 764. The van der Waals surface area contributed by atoms with E-state index in [9.17, 15) is 9.59 Å². The van der Waals surface area contributed by atoms with E-state index in [0.29, 0.717) is 22.8 Å². The lowest BCUT2D eigenvalue weighted by molar-refractivity contribution is 0.0605. The van der Waals surface area contributed by atoms with Gasteiger partial charge in [0, 0.05) is 32.7 Å². The fraction of sp³-hybridized carbons (Fsp3) is 0.368. The third kappa shape index (κ3) is 4.27. The van der Waals surface area contributed by atoms with Gasteiger partial charge in [-0.2, -0.15) is 0 Å². The van der Waals surface area contributed by atoms with Gasteiger partial charge in [-0.25, -0.2) is 4.79 Å². The van der Waals surface area contributed by atoms with E-state index < -0.39 is 5.97 Å². The molecular weight excluding hydrogens is 336 g/mol. The van der Waals surface area contributed by atoms with Gasteiger partial charge in [0.25, 0.3) is 5.91 Å². The summed E-state index contributed by atoms with van der Waals surface area (Å²) in [6.07, 6.45) is 0. The van der Waals surface area contributed by atoms with Crippen LogP contribution in [-0.4, -0.2) is 55.0 Å². The van der Waals surface area contributed by atoms with E-state index in [2.05, 4.69) is 36.1 Å². The summed E-state index contributed by atoms with van der Waals surface area (Å²) in [5.41, 5.74) is 2.58. The third-order valence-electron chi connectivity index (χ3n) is 4.35. The molecule has 1 amide bonds. The first-order valence-electron chi connectivity index (χ1n) is 8.32. The SMILES string of the molecule is COC(=O)c1ccc(C(=O)N2CCN(Cc3cccc(C)c3)CC2)s1. The van der Waals surface area contributed by atoms with Crippen molar-refractivity contribution in [1.82, 2.24) is 9.80 Å². The summed E-state index contributed by atoms with van der Waals surface area (Å²) in [6, 6.07) is 11.9. The molecule has 0 saturated carbocycles. The second kappa shape index (κ2) is 7.80. The van der Waals surface area contributed by atoms with Gasteiger partial charge in [0.2, 0.25) is 0 Å². The van der Waals surface area contributed by atoms with Crippen molar-refractivity contribution in [2.45, 2.75) is 13.5 Å². The van der Waals surface area contributed by atoms with Crippen molar-refractivity contribution in [2.24, 2.45) is 0 Å². The maximum absolute atomic E-state index is 12.6. The van der Waals surface area contributed by atoms with E-state index in [4.69, 9.17) is 4.74 Å². The standard InChI is InChI=1S/C19H22N2O3S/c1-14-4-3-5-15(12-14)13-20-8-10-21(11-9-20)18(22)16-6-7-17(25-16)19(23)24-2/h3-7,12H,8-11,13H2,1-2H3. The number of amides is 1. The second-order valence-electron chi connectivity index (χ2n) is 6.21. The van der Waals surface area contributed by atoms with Crippen molar-refractivity contribution >= 4 is 23.2 Å². The Balaban J connectivity index is 1.55. The molecule has 1 aromatic heterocycles. The number of methoxy groups -OCH3 is 1. The zero-order chi connectivity index (χ0) is 17.8. The molecule has 6 heteroatoms. The van der Waals surface area contributed by atoms with Crippen LogP contribution in [0, 0.1) is 6.92 Å². The summed E-state index contributed by atoms with van der Waals surface area (Å²) >= 11 is 1.19. The van der Waals surface area contributed by atoms with Crippen LogP contribution in [0.4, 0.5) is 0 Å². The number of hydrogen-bond donors (Lipinski definition) is 0. The zero-order valence-electron chi connectivity index (χ0n) is 14.5. The predicted molar refractivity (Wildman–Crippen MR) is 98.0 cm³/mol. The van der Waals surface area contributed by atoms with E-state index in [1.165, 1.54) is 29.6 Å². The minimum atomic E-state index is -0.396. The summed E-state index contributed by atoms with van der Waals surface area (Å²) in [5.74, 6) is -0.401. The van der Waals surface area contributed by atoms with Gasteiger partial charge in [0.15, 0.2) is 0 Å². The summed E-state index contributed by atoms with van der Waals surface area (Å²) in [7, 11) is 1.34. The number of benzene rings is 1. The van der Waals surface area contributed by atoms with Gasteiger partial charge in [-0.05, 0) is 24.6 Å². The Morgan fingerprint density at radius 3 is 2.48 bits per heavy atom. The number of carbonyl (C=O) groups is 2. The molecule has 5 nitrogen and oxygen atoms in total. The second-order valence-corrected chi connectivity index (χ2v) is 7.30. The minimum Gasteiger partial charge on any atom is -0.465 e. The smallest absolute Gasteiger partial charge is 0.348 e. The Morgan fingerprint density at radius 2 is 1.80 bits per heavy atom. The molecule has 3 rings (SSSR count). The molecule has 132 valence electrons. The molecule has 0 unspecified atom stereocenters. The number of esters is 1. The van der Waals surface area contributed by atoms with Crippen LogP contribution in [-0.2, 0) is 11.3 Å². The minimum absolute atomic E-state index is 0.00430. The first kappa shape index (κ1) is 17.6. The van der Waals surface area contributed by atoms with Gasteiger partial charge < -0.3 is 9.64 Å². The van der Waals surface area contributed by atoms with E-state index in [-0.39, 0.29) is 5.91 Å². The number of carbonyl (C=O) groups excluding carboxylic acids is 2. The lowest BCUT2D eigenvalue weighted by atomic mass is 10.1. The monoisotopic (exact) mass is 358 g/mol. The molecule has 2 heterocycles. The number of rotatable bonds is 4. The van der Waals surface area contributed by atoms with Crippen LogP contribution in [0.25, 0.3) is 0 Å². The molecule has 0 radical (unpaired) electrons. The highest BCUT2D eigenvalue weighted by Crippen LogP contribution is 2.20. The molecule has 0 aliphatic carbocycles. The number of thiophene rings is 1. The molecule has 0 bridgehead atoms. The van der Waals surface area contributed by atoms with Crippen molar-refractivity contribution in [1.29, 1.82) is 0 Å². The average Bonchev–Trinajstić information content (AvgIpc) is 3.11. The average molecular weight is 358 g/mol. The zero-order valence-corrected chi connectivity index (χ0v) is 15.3. The van der Waals surface area contributed by atoms with Crippen molar-refractivity contribution in [3.05, 3.63) is 57.3 Å². The molecule has 1 fully saturated rings. The molecule has 1 aromatic carbocycles. The molecule has 1 aliphatic rings. The van der Waals surface area contributed by atoms with Crippen molar-refractivity contribution in [2.75, 3.05) is 33.3 Å². The number of aryl methyl sites for hydroxylation is 1. The van der Waals surface area contributed by atoms with Crippen molar-refractivity contribution in [3.63, 3.8) is 0 Å². The van der Waals surface area contributed by atoms with Crippen LogP contribution in [0.3, 0.4) is 0 Å². The van der Waals surface area contributed by atoms with Gasteiger partial charge in [-0.15, -0.1) is 11.3 Å². The molecule has 2 aromatic rings. The summed E-state index contributed by atoms with van der Waals surface area (Å²) < 4.78 is 4.69. The predicted octanol–water partition coefficient (Wildman–Crippen LogP) is 2.80. The molecule has 0 N–H and O–H groups in total. The van der Waals surface area contributed by atoms with E-state index in [1.54, 1.807) is 12.1 Å². The van der Waals surface area contributed by atoms with E-state index in [0.717, 1.165) is 19.6 Å². The van der Waals surface area contributed by atoms with Crippen LogP contribution in [0.5, 0.6) is 0 Å². The topological polar surface area (TPSA) is 49.9 Å². The molecule has 1 aliphatic heterocycles. The van der Waals surface area contributed by atoms with Crippen LogP contribution < -0.4 is 0 Å². The first-order chi connectivity index (χ1) is 12.1. The summed E-state index contributed by atoms with van der Waals surface area (Å²) in [6.45, 7) is 6.13. The normalized spacial score (nSPS) is 15.2. The van der Waals surface area contributed by atoms with Crippen LogP contribution in [0.2, 0.25) is 0 Å². The fourth-order valence-electron chi connectivity index (χ4n) is 3.00. The largest absolute Gasteiger partial charge is 0.465 e. The molecule has 1 saturated heterocycles. The molecule has 25 heavy (non-hydrogen) atoms. The van der Waals surface area contributed by atoms with E-state index in [1.807, 2.05) is 4.90 Å². The van der Waals surface area contributed by atoms with Crippen LogP contribution in [0.15, 0.2) is 36.4 Å². The third-order valence-corrected chi connectivity index (χ3v) is 5.40. The quantitative estimate of drug-likeness (QED) is 0.789. The number of hydrogen-bond acceptors (Lipinski definition) is 5. The van der Waals surface area contributed by atoms with Crippen molar-refractivity contribution < 1.29 is 14.3 Å².